The van der Waals surface area contributed by atoms with Gasteiger partial charge in [0.1, 0.15) is 0 Å². The molecule has 0 fully saturated rings. The van der Waals surface area contributed by atoms with Gasteiger partial charge in [0.25, 0.3) is 0 Å². The molecule has 0 amide bonds. The Kier molecular flexibility index (Phi) is 4.94. The third-order valence-electron chi connectivity index (χ3n) is 2.87. The number of hydrogen-bond acceptors (Lipinski definition) is 2. The van der Waals surface area contributed by atoms with E-state index in [0.29, 0.717) is 0 Å². The van der Waals surface area contributed by atoms with Crippen LogP contribution in [0.4, 0.5) is 0 Å². The maximum absolute atomic E-state index is 8.89. The molecule has 96 valence electrons. The van der Waals surface area contributed by atoms with Gasteiger partial charge >= 0.3 is 0 Å². The summed E-state index contributed by atoms with van der Waals surface area (Å²) < 4.78 is 1.26. The summed E-state index contributed by atoms with van der Waals surface area (Å²) in [5.74, 6) is 0. The SMILES string of the molecule is CN(Cc1ccc(I)cc1)Cc1cccc(C#N)c1. The molecule has 2 aromatic rings. The van der Waals surface area contributed by atoms with Crippen molar-refractivity contribution in [1.82, 2.24) is 4.90 Å². The van der Waals surface area contributed by atoms with Crippen molar-refractivity contribution in [2.24, 2.45) is 0 Å². The summed E-state index contributed by atoms with van der Waals surface area (Å²) in [5, 5.41) is 8.89. The zero-order valence-corrected chi connectivity index (χ0v) is 13.0. The Morgan fingerprint density at radius 1 is 1.05 bits per heavy atom. The molecule has 0 bridgehead atoms. The zero-order valence-electron chi connectivity index (χ0n) is 10.8. The van der Waals surface area contributed by atoms with Gasteiger partial charge in [0, 0.05) is 16.7 Å². The molecule has 0 aliphatic carbocycles. The quantitative estimate of drug-likeness (QED) is 0.774. The largest absolute Gasteiger partial charge is 0.298 e. The number of hydrogen-bond donors (Lipinski definition) is 0. The molecule has 0 aromatic heterocycles. The molecule has 0 spiro atoms. The zero-order chi connectivity index (χ0) is 13.7. The molecule has 0 unspecified atom stereocenters. The van der Waals surface area contributed by atoms with Crippen LogP contribution in [0.3, 0.4) is 0 Å². The van der Waals surface area contributed by atoms with Crippen molar-refractivity contribution in [2.45, 2.75) is 13.1 Å². The molecular weight excluding hydrogens is 347 g/mol. The molecule has 3 heteroatoms. The Morgan fingerprint density at radius 2 is 1.74 bits per heavy atom. The first-order valence-corrected chi connectivity index (χ1v) is 7.17. The molecule has 19 heavy (non-hydrogen) atoms. The molecule has 0 aliphatic heterocycles. The van der Waals surface area contributed by atoms with Crippen molar-refractivity contribution < 1.29 is 0 Å². The van der Waals surface area contributed by atoms with Crippen LogP contribution in [0.2, 0.25) is 0 Å². The van der Waals surface area contributed by atoms with Crippen LogP contribution in [0.5, 0.6) is 0 Å². The van der Waals surface area contributed by atoms with Crippen molar-refractivity contribution in [3.63, 3.8) is 0 Å². The van der Waals surface area contributed by atoms with Gasteiger partial charge < -0.3 is 0 Å². The van der Waals surface area contributed by atoms with Crippen LogP contribution in [0, 0.1) is 14.9 Å². The molecular formula is C16H15IN2. The van der Waals surface area contributed by atoms with Crippen molar-refractivity contribution in [2.75, 3.05) is 7.05 Å². The van der Waals surface area contributed by atoms with Gasteiger partial charge in [-0.2, -0.15) is 5.26 Å². The number of nitrogens with zero attached hydrogens (tertiary/aromatic N) is 2. The molecule has 2 rings (SSSR count). The molecule has 0 N–H and O–H groups in total. The monoisotopic (exact) mass is 362 g/mol. The van der Waals surface area contributed by atoms with Crippen LogP contribution in [0.1, 0.15) is 16.7 Å². The molecule has 0 atom stereocenters. The van der Waals surface area contributed by atoms with Gasteiger partial charge in [-0.05, 0) is 65.0 Å². The predicted octanol–water partition coefficient (Wildman–Crippen LogP) is 3.79. The van der Waals surface area contributed by atoms with Crippen LogP contribution in [0.15, 0.2) is 48.5 Å². The van der Waals surface area contributed by atoms with E-state index in [0.717, 1.165) is 18.7 Å². The molecule has 0 saturated carbocycles. The van der Waals surface area contributed by atoms with Crippen LogP contribution in [-0.4, -0.2) is 11.9 Å². The maximum atomic E-state index is 8.89. The molecule has 0 saturated heterocycles. The van der Waals surface area contributed by atoms with E-state index >= 15 is 0 Å². The number of nitriles is 1. The normalized spacial score (nSPS) is 10.4. The second-order valence-corrected chi connectivity index (χ2v) is 5.86. The molecule has 2 nitrogen and oxygen atoms in total. The van der Waals surface area contributed by atoms with Crippen LogP contribution >= 0.6 is 22.6 Å². The molecule has 2 aromatic carbocycles. The Morgan fingerprint density at radius 3 is 2.42 bits per heavy atom. The lowest BCUT2D eigenvalue weighted by Crippen LogP contribution is -2.17. The highest BCUT2D eigenvalue weighted by Gasteiger charge is 2.02. The van der Waals surface area contributed by atoms with Gasteiger partial charge in [0.15, 0.2) is 0 Å². The fourth-order valence-electron chi connectivity index (χ4n) is 2.01. The van der Waals surface area contributed by atoms with Crippen molar-refractivity contribution in [1.29, 1.82) is 5.26 Å². The van der Waals surface area contributed by atoms with E-state index in [1.54, 1.807) is 0 Å². The summed E-state index contributed by atoms with van der Waals surface area (Å²) in [7, 11) is 2.09. The van der Waals surface area contributed by atoms with Crippen LogP contribution in [0.25, 0.3) is 0 Å². The molecule has 0 aliphatic rings. The van der Waals surface area contributed by atoms with E-state index in [1.807, 2.05) is 18.2 Å². The average Bonchev–Trinajstić information content (AvgIpc) is 2.41. The van der Waals surface area contributed by atoms with Gasteiger partial charge in [-0.25, -0.2) is 0 Å². The van der Waals surface area contributed by atoms with Gasteiger partial charge in [0.2, 0.25) is 0 Å². The van der Waals surface area contributed by atoms with E-state index in [9.17, 15) is 0 Å². The summed E-state index contributed by atoms with van der Waals surface area (Å²) in [6, 6.07) is 18.5. The summed E-state index contributed by atoms with van der Waals surface area (Å²) in [6.45, 7) is 1.76. The van der Waals surface area contributed by atoms with E-state index < -0.39 is 0 Å². The van der Waals surface area contributed by atoms with Gasteiger partial charge in [-0.3, -0.25) is 4.90 Å². The lowest BCUT2D eigenvalue weighted by atomic mass is 10.1. The third kappa shape index (κ3) is 4.34. The standard InChI is InChI=1S/C16H15IN2/c1-19(11-13-5-7-16(17)8-6-13)12-15-4-2-3-14(9-15)10-18/h2-9H,11-12H2,1H3. The Balaban J connectivity index is 1.99. The lowest BCUT2D eigenvalue weighted by molar-refractivity contribution is 0.319. The Bertz CT molecular complexity index is 584. The topological polar surface area (TPSA) is 27.0 Å². The van der Waals surface area contributed by atoms with Crippen molar-refractivity contribution >= 4 is 22.6 Å². The first-order valence-electron chi connectivity index (χ1n) is 6.09. The second kappa shape index (κ2) is 6.69. The van der Waals surface area contributed by atoms with Gasteiger partial charge in [-0.1, -0.05) is 24.3 Å². The van der Waals surface area contributed by atoms with Crippen LogP contribution < -0.4 is 0 Å². The van der Waals surface area contributed by atoms with Crippen LogP contribution in [-0.2, 0) is 13.1 Å². The molecule has 0 heterocycles. The smallest absolute Gasteiger partial charge is 0.0991 e. The van der Waals surface area contributed by atoms with Gasteiger partial charge in [-0.15, -0.1) is 0 Å². The fourth-order valence-corrected chi connectivity index (χ4v) is 2.37. The highest BCUT2D eigenvalue weighted by Crippen LogP contribution is 2.11. The summed E-state index contributed by atoms with van der Waals surface area (Å²) >= 11 is 2.31. The average molecular weight is 362 g/mol. The van der Waals surface area contributed by atoms with Gasteiger partial charge in [0.05, 0.1) is 11.6 Å². The number of halogens is 1. The minimum absolute atomic E-state index is 0.722. The Hall–Kier alpha value is -1.38. The minimum Gasteiger partial charge on any atom is -0.298 e. The number of rotatable bonds is 4. The first kappa shape index (κ1) is 14.0. The fraction of sp³-hybridized carbons (Fsp3) is 0.188. The van der Waals surface area contributed by atoms with E-state index in [-0.39, 0.29) is 0 Å². The lowest BCUT2D eigenvalue weighted by Gasteiger charge is -2.17. The minimum atomic E-state index is 0.722. The summed E-state index contributed by atoms with van der Waals surface area (Å²) in [4.78, 5) is 2.25. The first-order chi connectivity index (χ1) is 9.17. The van der Waals surface area contributed by atoms with Crippen molar-refractivity contribution in [3.05, 3.63) is 68.8 Å². The second-order valence-electron chi connectivity index (χ2n) is 4.61. The number of benzene rings is 2. The van der Waals surface area contributed by atoms with E-state index in [1.165, 1.54) is 14.7 Å². The summed E-state index contributed by atoms with van der Waals surface area (Å²) in [6.07, 6.45) is 0. The van der Waals surface area contributed by atoms with E-state index in [2.05, 4.69) is 70.9 Å². The maximum Gasteiger partial charge on any atom is 0.0991 e. The summed E-state index contributed by atoms with van der Waals surface area (Å²) in [5.41, 5.74) is 3.20. The predicted molar refractivity (Wildman–Crippen MR) is 85.5 cm³/mol. The highest BCUT2D eigenvalue weighted by molar-refractivity contribution is 14.1. The van der Waals surface area contributed by atoms with Crippen molar-refractivity contribution in [3.8, 4) is 6.07 Å². The Labute approximate surface area is 127 Å². The highest BCUT2D eigenvalue weighted by atomic mass is 127. The van der Waals surface area contributed by atoms with E-state index in [4.69, 9.17) is 5.26 Å². The molecule has 0 radical (unpaired) electrons. The third-order valence-corrected chi connectivity index (χ3v) is 3.59.